The van der Waals surface area contributed by atoms with E-state index in [9.17, 15) is 0 Å². The first-order valence-corrected chi connectivity index (χ1v) is 10.4. The van der Waals surface area contributed by atoms with E-state index in [1.807, 2.05) is 0 Å². The van der Waals surface area contributed by atoms with Crippen molar-refractivity contribution in [3.63, 3.8) is 0 Å². The lowest BCUT2D eigenvalue weighted by Gasteiger charge is -2.42. The molecule has 2 aromatic carbocycles. The van der Waals surface area contributed by atoms with E-state index in [2.05, 4.69) is 107 Å². The van der Waals surface area contributed by atoms with E-state index in [0.29, 0.717) is 0 Å². The van der Waals surface area contributed by atoms with E-state index >= 15 is 0 Å². The van der Waals surface area contributed by atoms with Crippen LogP contribution in [0.2, 0.25) is 0 Å². The minimum atomic E-state index is 0.225. The van der Waals surface area contributed by atoms with Crippen molar-refractivity contribution < 1.29 is 4.57 Å². The van der Waals surface area contributed by atoms with Gasteiger partial charge in [0.1, 0.15) is 7.05 Å². The van der Waals surface area contributed by atoms with Crippen LogP contribution in [0.25, 0.3) is 22.4 Å². The Morgan fingerprint density at radius 2 is 1.36 bits per heavy atom. The largest absolute Gasteiger partial charge is 0.213 e. The van der Waals surface area contributed by atoms with Gasteiger partial charge in [0.25, 0.3) is 0 Å². The molecule has 0 fully saturated rings. The predicted octanol–water partition coefficient (Wildman–Crippen LogP) is 6.50. The number of hydrogen-bond donors (Lipinski definition) is 0. The molecular formula is C27H32N+. The zero-order chi connectivity index (χ0) is 20.1. The fourth-order valence-corrected chi connectivity index (χ4v) is 4.65. The molecule has 1 heterocycles. The van der Waals surface area contributed by atoms with E-state index in [1.165, 1.54) is 51.9 Å². The van der Waals surface area contributed by atoms with Crippen LogP contribution in [0.15, 0.2) is 60.8 Å². The number of hydrogen-bond acceptors (Lipinski definition) is 0. The molecule has 0 saturated heterocycles. The molecule has 0 radical (unpaired) electrons. The topological polar surface area (TPSA) is 3.88 Å². The summed E-state index contributed by atoms with van der Waals surface area (Å²) in [5.41, 5.74) is 10.1. The van der Waals surface area contributed by atoms with Crippen molar-refractivity contribution in [2.45, 2.75) is 58.3 Å². The Labute approximate surface area is 170 Å². The van der Waals surface area contributed by atoms with Gasteiger partial charge in [-0.3, -0.25) is 0 Å². The Morgan fingerprint density at radius 1 is 0.750 bits per heavy atom. The van der Waals surface area contributed by atoms with E-state index < -0.39 is 0 Å². The van der Waals surface area contributed by atoms with Gasteiger partial charge in [-0.2, -0.15) is 0 Å². The van der Waals surface area contributed by atoms with Gasteiger partial charge >= 0.3 is 0 Å². The number of nitrogens with zero attached hydrogens (tertiary/aromatic N) is 1. The highest BCUT2D eigenvalue weighted by Crippen LogP contribution is 2.47. The zero-order valence-corrected chi connectivity index (χ0v) is 18.1. The second-order valence-electron chi connectivity index (χ2n) is 9.76. The molecule has 0 aliphatic heterocycles. The molecule has 144 valence electrons. The summed E-state index contributed by atoms with van der Waals surface area (Å²) in [7, 11) is 2.15. The average molecular weight is 371 g/mol. The van der Waals surface area contributed by atoms with Gasteiger partial charge in [-0.05, 0) is 64.5 Å². The standard InChI is InChI=1S/C27H32N/c1-19-16-23-24(27(4,5)14-13-26(23,2)3)18-22(19)25-17-21(12-15-28(25)6)20-10-8-7-9-11-20/h7-12,15-18H,13-14H2,1-6H3/q+1. The van der Waals surface area contributed by atoms with Crippen molar-refractivity contribution in [2.75, 3.05) is 0 Å². The monoisotopic (exact) mass is 370 g/mol. The van der Waals surface area contributed by atoms with Gasteiger partial charge < -0.3 is 0 Å². The molecule has 0 N–H and O–H groups in total. The second-order valence-corrected chi connectivity index (χ2v) is 9.76. The van der Waals surface area contributed by atoms with E-state index in [0.717, 1.165) is 0 Å². The summed E-state index contributed by atoms with van der Waals surface area (Å²) >= 11 is 0. The number of benzene rings is 2. The first-order valence-electron chi connectivity index (χ1n) is 10.4. The third kappa shape index (κ3) is 3.17. The van der Waals surface area contributed by atoms with Crippen molar-refractivity contribution >= 4 is 0 Å². The fourth-order valence-electron chi connectivity index (χ4n) is 4.65. The highest BCUT2D eigenvalue weighted by molar-refractivity contribution is 5.71. The van der Waals surface area contributed by atoms with Crippen LogP contribution in [-0.2, 0) is 17.9 Å². The lowest BCUT2D eigenvalue weighted by molar-refractivity contribution is -0.660. The molecular weight excluding hydrogens is 338 g/mol. The Kier molecular flexibility index (Phi) is 4.45. The van der Waals surface area contributed by atoms with Crippen LogP contribution < -0.4 is 4.57 Å². The van der Waals surface area contributed by atoms with Gasteiger partial charge in [-0.15, -0.1) is 0 Å². The number of aromatic nitrogens is 1. The molecule has 0 atom stereocenters. The Bertz CT molecular complexity index is 1030. The smallest absolute Gasteiger partial charge is 0.201 e. The number of pyridine rings is 1. The maximum atomic E-state index is 2.48. The lowest BCUT2D eigenvalue weighted by atomic mass is 9.62. The summed E-state index contributed by atoms with van der Waals surface area (Å²) in [6, 6.07) is 20.1. The maximum Gasteiger partial charge on any atom is 0.213 e. The molecule has 1 aliphatic rings. The van der Waals surface area contributed by atoms with Crippen LogP contribution in [0.4, 0.5) is 0 Å². The minimum Gasteiger partial charge on any atom is -0.201 e. The molecule has 1 aromatic heterocycles. The van der Waals surface area contributed by atoms with Crippen LogP contribution in [0.1, 0.15) is 57.2 Å². The molecule has 0 spiro atoms. The molecule has 0 amide bonds. The Hall–Kier alpha value is -2.41. The molecule has 28 heavy (non-hydrogen) atoms. The minimum absolute atomic E-state index is 0.225. The van der Waals surface area contributed by atoms with Gasteiger partial charge in [0, 0.05) is 17.7 Å². The van der Waals surface area contributed by atoms with Gasteiger partial charge in [0.15, 0.2) is 6.20 Å². The van der Waals surface area contributed by atoms with Crippen LogP contribution in [0.5, 0.6) is 0 Å². The molecule has 0 unspecified atom stereocenters. The van der Waals surface area contributed by atoms with Crippen molar-refractivity contribution in [3.8, 4) is 22.4 Å². The van der Waals surface area contributed by atoms with Crippen LogP contribution >= 0.6 is 0 Å². The summed E-state index contributed by atoms with van der Waals surface area (Å²) < 4.78 is 2.25. The van der Waals surface area contributed by atoms with Crippen molar-refractivity contribution in [1.82, 2.24) is 0 Å². The highest BCUT2D eigenvalue weighted by Gasteiger charge is 2.38. The summed E-state index contributed by atoms with van der Waals surface area (Å²) in [6.45, 7) is 11.9. The summed E-state index contributed by atoms with van der Waals surface area (Å²) in [5, 5.41) is 0. The van der Waals surface area contributed by atoms with E-state index in [-0.39, 0.29) is 10.8 Å². The molecule has 1 nitrogen and oxygen atoms in total. The number of rotatable bonds is 2. The Balaban J connectivity index is 1.91. The fraction of sp³-hybridized carbons (Fsp3) is 0.370. The molecule has 1 aliphatic carbocycles. The van der Waals surface area contributed by atoms with E-state index in [1.54, 1.807) is 0 Å². The zero-order valence-electron chi connectivity index (χ0n) is 18.1. The van der Waals surface area contributed by atoms with Crippen molar-refractivity contribution in [2.24, 2.45) is 7.05 Å². The number of aryl methyl sites for hydroxylation is 2. The van der Waals surface area contributed by atoms with Gasteiger partial charge in [0.05, 0.1) is 0 Å². The van der Waals surface area contributed by atoms with Crippen LogP contribution in [-0.4, -0.2) is 0 Å². The maximum absolute atomic E-state index is 2.48. The molecule has 0 bridgehead atoms. The quantitative estimate of drug-likeness (QED) is 0.453. The van der Waals surface area contributed by atoms with Gasteiger partial charge in [-0.25, -0.2) is 4.57 Å². The molecule has 0 saturated carbocycles. The second kappa shape index (κ2) is 6.58. The van der Waals surface area contributed by atoms with Crippen molar-refractivity contribution in [3.05, 3.63) is 77.5 Å². The summed E-state index contributed by atoms with van der Waals surface area (Å²) in [5.74, 6) is 0. The normalized spacial score (nSPS) is 17.2. The Morgan fingerprint density at radius 3 is 2.00 bits per heavy atom. The van der Waals surface area contributed by atoms with Crippen LogP contribution in [0.3, 0.4) is 0 Å². The third-order valence-corrected chi connectivity index (χ3v) is 6.73. The average Bonchev–Trinajstić information content (AvgIpc) is 2.67. The third-order valence-electron chi connectivity index (χ3n) is 6.73. The highest BCUT2D eigenvalue weighted by atomic mass is 14.9. The predicted molar refractivity (Wildman–Crippen MR) is 119 cm³/mol. The van der Waals surface area contributed by atoms with Crippen molar-refractivity contribution in [1.29, 1.82) is 0 Å². The number of fused-ring (bicyclic) bond motifs is 1. The lowest BCUT2D eigenvalue weighted by Crippen LogP contribution is -2.35. The summed E-state index contributed by atoms with van der Waals surface area (Å²) in [4.78, 5) is 0. The molecule has 4 rings (SSSR count). The van der Waals surface area contributed by atoms with E-state index in [4.69, 9.17) is 0 Å². The molecule has 1 heteroatoms. The summed E-state index contributed by atoms with van der Waals surface area (Å²) in [6.07, 6.45) is 4.68. The van der Waals surface area contributed by atoms with Crippen LogP contribution in [0, 0.1) is 6.92 Å². The molecule has 3 aromatic rings. The van der Waals surface area contributed by atoms with Gasteiger partial charge in [-0.1, -0.05) is 64.1 Å². The first kappa shape index (κ1) is 18.9. The SMILES string of the molecule is Cc1cc2c(cc1-c1cc(-c3ccccc3)cc[n+]1C)C(C)(C)CCC2(C)C. The van der Waals surface area contributed by atoms with Gasteiger partial charge in [0.2, 0.25) is 5.69 Å². The first-order chi connectivity index (χ1) is 13.2.